The maximum absolute atomic E-state index is 2.86. The summed E-state index contributed by atoms with van der Waals surface area (Å²) >= 11 is 0. The summed E-state index contributed by atoms with van der Waals surface area (Å²) < 4.78 is 0. The Balaban J connectivity index is 1.64. The van der Waals surface area contributed by atoms with Gasteiger partial charge in [0.2, 0.25) is 0 Å². The Bertz CT molecular complexity index is 271. The van der Waals surface area contributed by atoms with Crippen LogP contribution in [0.15, 0.2) is 12.2 Å². The van der Waals surface area contributed by atoms with E-state index in [0.29, 0.717) is 0 Å². The summed E-state index contributed by atoms with van der Waals surface area (Å²) in [6.07, 6.45) is 18.7. The molecule has 2 saturated heterocycles. The van der Waals surface area contributed by atoms with Crippen molar-refractivity contribution in [3.05, 3.63) is 12.2 Å². The lowest BCUT2D eigenvalue weighted by molar-refractivity contribution is 0.0756. The van der Waals surface area contributed by atoms with Gasteiger partial charge in [-0.25, -0.2) is 0 Å². The van der Waals surface area contributed by atoms with Crippen molar-refractivity contribution in [1.82, 2.24) is 4.90 Å². The molecule has 1 nitrogen and oxygen atoms in total. The molecule has 2 aliphatic rings. The summed E-state index contributed by atoms with van der Waals surface area (Å²) in [5.74, 6) is 0.952. The van der Waals surface area contributed by atoms with Gasteiger partial charge in [0.25, 0.3) is 0 Å². The minimum Gasteiger partial charge on any atom is -0.297 e. The van der Waals surface area contributed by atoms with Crippen LogP contribution in [0.25, 0.3) is 0 Å². The molecular weight excluding hydrogens is 230 g/mol. The van der Waals surface area contributed by atoms with E-state index in [9.17, 15) is 0 Å². The fourth-order valence-electron chi connectivity index (χ4n) is 4.03. The highest BCUT2D eigenvalue weighted by molar-refractivity contribution is 4.92. The van der Waals surface area contributed by atoms with Gasteiger partial charge in [-0.1, -0.05) is 38.8 Å². The first kappa shape index (κ1) is 15.1. The zero-order valence-electron chi connectivity index (χ0n) is 13.1. The van der Waals surface area contributed by atoms with Crippen molar-refractivity contribution in [3.8, 4) is 0 Å². The van der Waals surface area contributed by atoms with Gasteiger partial charge < -0.3 is 0 Å². The number of hydrogen-bond donors (Lipinski definition) is 0. The van der Waals surface area contributed by atoms with E-state index in [0.717, 1.165) is 18.0 Å². The van der Waals surface area contributed by atoms with Crippen molar-refractivity contribution in [1.29, 1.82) is 0 Å². The predicted molar refractivity (Wildman–Crippen MR) is 84.4 cm³/mol. The first-order chi connectivity index (χ1) is 9.33. The minimum absolute atomic E-state index is 0.910. The average molecular weight is 263 g/mol. The van der Waals surface area contributed by atoms with Crippen molar-refractivity contribution >= 4 is 0 Å². The first-order valence-electron chi connectivity index (χ1n) is 8.73. The summed E-state index contributed by atoms with van der Waals surface area (Å²) in [4.78, 5) is 2.86. The third-order valence-corrected chi connectivity index (χ3v) is 5.22. The Labute approximate surface area is 120 Å². The van der Waals surface area contributed by atoms with Crippen LogP contribution in [0.2, 0.25) is 0 Å². The molecule has 0 aromatic heterocycles. The van der Waals surface area contributed by atoms with Crippen molar-refractivity contribution in [2.24, 2.45) is 5.92 Å². The van der Waals surface area contributed by atoms with Crippen LogP contribution < -0.4 is 0 Å². The van der Waals surface area contributed by atoms with E-state index in [4.69, 9.17) is 0 Å². The Morgan fingerprint density at radius 3 is 2.63 bits per heavy atom. The Morgan fingerprint density at radius 2 is 1.84 bits per heavy atom. The van der Waals surface area contributed by atoms with Gasteiger partial charge in [0.05, 0.1) is 0 Å². The van der Waals surface area contributed by atoms with Crippen LogP contribution in [0.5, 0.6) is 0 Å². The molecule has 0 radical (unpaired) electrons. The number of fused-ring (bicyclic) bond motifs is 1. The largest absolute Gasteiger partial charge is 0.297 e. The van der Waals surface area contributed by atoms with Gasteiger partial charge in [0.15, 0.2) is 0 Å². The van der Waals surface area contributed by atoms with Crippen molar-refractivity contribution < 1.29 is 0 Å². The van der Waals surface area contributed by atoms with Crippen molar-refractivity contribution in [3.63, 3.8) is 0 Å². The first-order valence-corrected chi connectivity index (χ1v) is 8.73. The van der Waals surface area contributed by atoms with Gasteiger partial charge in [0.1, 0.15) is 0 Å². The number of allylic oxidation sites excluding steroid dienone is 2. The lowest BCUT2D eigenvalue weighted by Crippen LogP contribution is -2.46. The molecular formula is C18H33N. The van der Waals surface area contributed by atoms with Gasteiger partial charge >= 0.3 is 0 Å². The topological polar surface area (TPSA) is 3.24 Å². The zero-order chi connectivity index (χ0) is 13.5. The normalized spacial score (nSPS) is 32.0. The quantitative estimate of drug-likeness (QED) is 0.452. The Morgan fingerprint density at radius 1 is 1.05 bits per heavy atom. The number of hydrogen-bond acceptors (Lipinski definition) is 1. The number of rotatable bonds is 7. The second-order valence-electron chi connectivity index (χ2n) is 6.70. The molecule has 0 aromatic rings. The molecule has 1 heteroatoms. The fourth-order valence-corrected chi connectivity index (χ4v) is 4.03. The highest BCUT2D eigenvalue weighted by Gasteiger charge is 2.37. The van der Waals surface area contributed by atoms with Crippen LogP contribution in [0, 0.1) is 5.92 Å². The standard InChI is InChI=1S/C18H33N/c1-3-4-5-6-7-8-9-11-17-14-13-16(2)18-12-10-15-19(17)18/h6-7,16-18H,3-5,8-15H2,1-2H3/b7-6-. The zero-order valence-corrected chi connectivity index (χ0v) is 13.1. The van der Waals surface area contributed by atoms with E-state index in [2.05, 4.69) is 30.9 Å². The molecule has 19 heavy (non-hydrogen) atoms. The molecule has 0 aromatic carbocycles. The summed E-state index contributed by atoms with van der Waals surface area (Å²) in [7, 11) is 0. The van der Waals surface area contributed by atoms with Crippen LogP contribution in [0.4, 0.5) is 0 Å². The third kappa shape index (κ3) is 4.34. The second kappa shape index (κ2) is 8.09. The molecule has 2 heterocycles. The van der Waals surface area contributed by atoms with Crippen LogP contribution in [-0.4, -0.2) is 23.5 Å². The maximum atomic E-state index is 2.86. The van der Waals surface area contributed by atoms with Crippen LogP contribution in [0.3, 0.4) is 0 Å². The van der Waals surface area contributed by atoms with Gasteiger partial charge in [-0.2, -0.15) is 0 Å². The molecule has 0 N–H and O–H groups in total. The Kier molecular flexibility index (Phi) is 6.43. The van der Waals surface area contributed by atoms with Gasteiger partial charge in [-0.05, 0) is 63.8 Å². The van der Waals surface area contributed by atoms with Gasteiger partial charge in [0, 0.05) is 12.1 Å². The molecule has 0 amide bonds. The molecule has 0 bridgehead atoms. The smallest absolute Gasteiger partial charge is 0.0124 e. The van der Waals surface area contributed by atoms with Gasteiger partial charge in [-0.15, -0.1) is 0 Å². The maximum Gasteiger partial charge on any atom is 0.0124 e. The van der Waals surface area contributed by atoms with Crippen LogP contribution in [-0.2, 0) is 0 Å². The minimum atomic E-state index is 0.910. The molecule has 3 unspecified atom stereocenters. The van der Waals surface area contributed by atoms with Crippen LogP contribution in [0.1, 0.15) is 78.1 Å². The molecule has 110 valence electrons. The average Bonchev–Trinajstić information content (AvgIpc) is 2.90. The van der Waals surface area contributed by atoms with E-state index >= 15 is 0 Å². The van der Waals surface area contributed by atoms with Gasteiger partial charge in [-0.3, -0.25) is 4.90 Å². The number of unbranched alkanes of at least 4 members (excludes halogenated alkanes) is 3. The highest BCUT2D eigenvalue weighted by Crippen LogP contribution is 2.36. The van der Waals surface area contributed by atoms with E-state index < -0.39 is 0 Å². The lowest BCUT2D eigenvalue weighted by Gasteiger charge is -2.41. The Hall–Kier alpha value is -0.300. The molecule has 3 atom stereocenters. The van der Waals surface area contributed by atoms with E-state index in [1.165, 1.54) is 70.8 Å². The SMILES string of the molecule is CCCC/C=C\CCCC1CCC(C)C2CCCN12. The van der Waals surface area contributed by atoms with Crippen LogP contribution >= 0.6 is 0 Å². The van der Waals surface area contributed by atoms with Crippen molar-refractivity contribution in [2.45, 2.75) is 90.1 Å². The molecule has 2 fully saturated rings. The number of nitrogens with zero attached hydrogens (tertiary/aromatic N) is 1. The lowest BCUT2D eigenvalue weighted by atomic mass is 9.85. The summed E-state index contributed by atoms with van der Waals surface area (Å²) in [6.45, 7) is 6.12. The fraction of sp³-hybridized carbons (Fsp3) is 0.889. The monoisotopic (exact) mass is 263 g/mol. The second-order valence-corrected chi connectivity index (χ2v) is 6.70. The van der Waals surface area contributed by atoms with E-state index in [1.807, 2.05) is 0 Å². The molecule has 0 spiro atoms. The predicted octanol–water partition coefficient (Wildman–Crippen LogP) is 5.17. The van der Waals surface area contributed by atoms with Crippen molar-refractivity contribution in [2.75, 3.05) is 6.54 Å². The summed E-state index contributed by atoms with van der Waals surface area (Å²) in [5, 5.41) is 0. The summed E-state index contributed by atoms with van der Waals surface area (Å²) in [5.41, 5.74) is 0. The molecule has 2 aliphatic heterocycles. The van der Waals surface area contributed by atoms with E-state index in [-0.39, 0.29) is 0 Å². The molecule has 0 aliphatic carbocycles. The molecule has 2 rings (SSSR count). The highest BCUT2D eigenvalue weighted by atomic mass is 15.2. The number of piperidine rings is 1. The third-order valence-electron chi connectivity index (χ3n) is 5.22. The van der Waals surface area contributed by atoms with E-state index in [1.54, 1.807) is 0 Å². The summed E-state index contributed by atoms with van der Waals surface area (Å²) in [6, 6.07) is 1.84. The molecule has 0 saturated carbocycles.